The van der Waals surface area contributed by atoms with E-state index < -0.39 is 0 Å². The lowest BCUT2D eigenvalue weighted by Gasteiger charge is -2.47. The largest absolute Gasteiger partial charge is 0.308 e. The van der Waals surface area contributed by atoms with E-state index in [2.05, 4.69) is 51.8 Å². The lowest BCUT2D eigenvalue weighted by Crippen LogP contribution is -2.64. The van der Waals surface area contributed by atoms with Crippen molar-refractivity contribution in [3.8, 4) is 0 Å². The Kier molecular flexibility index (Phi) is 3.81. The molecule has 2 aliphatic rings. The van der Waals surface area contributed by atoms with Crippen LogP contribution < -0.4 is 5.32 Å². The van der Waals surface area contributed by atoms with Crippen LogP contribution in [0, 0.1) is 17.3 Å². The zero-order chi connectivity index (χ0) is 13.6. The number of hydrogen-bond acceptors (Lipinski definition) is 2. The molecule has 2 fully saturated rings. The molecule has 1 aliphatic carbocycles. The van der Waals surface area contributed by atoms with E-state index in [-0.39, 0.29) is 0 Å². The molecular formula is C16H32N2. The van der Waals surface area contributed by atoms with Gasteiger partial charge >= 0.3 is 0 Å². The molecule has 106 valence electrons. The molecule has 0 amide bonds. The highest BCUT2D eigenvalue weighted by atomic mass is 15.3. The lowest BCUT2D eigenvalue weighted by molar-refractivity contribution is 0.0525. The third-order valence-corrected chi connectivity index (χ3v) is 5.42. The van der Waals surface area contributed by atoms with Gasteiger partial charge in [-0.2, -0.15) is 0 Å². The summed E-state index contributed by atoms with van der Waals surface area (Å²) in [7, 11) is 0. The first-order chi connectivity index (χ1) is 8.22. The van der Waals surface area contributed by atoms with E-state index in [0.717, 1.165) is 18.4 Å². The maximum Gasteiger partial charge on any atom is 0.0309 e. The van der Waals surface area contributed by atoms with Gasteiger partial charge in [0, 0.05) is 31.2 Å². The maximum absolute atomic E-state index is 3.81. The molecule has 3 unspecified atom stereocenters. The third-order valence-electron chi connectivity index (χ3n) is 5.42. The van der Waals surface area contributed by atoms with E-state index in [1.54, 1.807) is 0 Å². The Labute approximate surface area is 114 Å². The Bertz CT molecular complexity index is 290. The number of nitrogens with zero attached hydrogens (tertiary/aromatic N) is 1. The molecule has 2 heteroatoms. The van der Waals surface area contributed by atoms with Gasteiger partial charge in [-0.1, -0.05) is 27.7 Å². The van der Waals surface area contributed by atoms with Crippen LogP contribution >= 0.6 is 0 Å². The van der Waals surface area contributed by atoms with Crippen LogP contribution in [0.1, 0.15) is 54.4 Å². The standard InChI is InChI=1S/C16H32N2/c1-12(15(3,4)5)10-18-11-16(6,14-7-8-14)17-9-13(18)2/h12-14,17H,7-11H2,1-6H3. The third kappa shape index (κ3) is 3.08. The maximum atomic E-state index is 3.81. The van der Waals surface area contributed by atoms with E-state index >= 15 is 0 Å². The average molecular weight is 252 g/mol. The predicted molar refractivity (Wildman–Crippen MR) is 78.8 cm³/mol. The van der Waals surface area contributed by atoms with Gasteiger partial charge < -0.3 is 5.32 Å². The van der Waals surface area contributed by atoms with Crippen molar-refractivity contribution >= 4 is 0 Å². The Morgan fingerprint density at radius 2 is 1.94 bits per heavy atom. The molecule has 0 bridgehead atoms. The summed E-state index contributed by atoms with van der Waals surface area (Å²) in [4.78, 5) is 2.73. The summed E-state index contributed by atoms with van der Waals surface area (Å²) in [5.74, 6) is 1.68. The van der Waals surface area contributed by atoms with E-state index in [1.807, 2.05) is 0 Å². The van der Waals surface area contributed by atoms with Crippen molar-refractivity contribution in [1.82, 2.24) is 10.2 Å². The fraction of sp³-hybridized carbons (Fsp3) is 1.00. The van der Waals surface area contributed by atoms with E-state index in [9.17, 15) is 0 Å². The highest BCUT2D eigenvalue weighted by Crippen LogP contribution is 2.41. The Hall–Kier alpha value is -0.0800. The number of piperazine rings is 1. The number of rotatable bonds is 3. The fourth-order valence-corrected chi connectivity index (χ4v) is 3.01. The van der Waals surface area contributed by atoms with Crippen LogP contribution in [0.15, 0.2) is 0 Å². The highest BCUT2D eigenvalue weighted by Gasteiger charge is 2.45. The van der Waals surface area contributed by atoms with Crippen LogP contribution in [0.4, 0.5) is 0 Å². The normalized spacial score (nSPS) is 36.7. The summed E-state index contributed by atoms with van der Waals surface area (Å²) >= 11 is 0. The van der Waals surface area contributed by atoms with Gasteiger partial charge in [0.1, 0.15) is 0 Å². The van der Waals surface area contributed by atoms with Crippen molar-refractivity contribution in [2.45, 2.75) is 66.0 Å². The first-order valence-electron chi connectivity index (χ1n) is 7.71. The molecule has 1 aliphatic heterocycles. The second kappa shape index (κ2) is 4.79. The summed E-state index contributed by atoms with van der Waals surface area (Å²) in [5, 5.41) is 3.81. The molecule has 2 nitrogen and oxygen atoms in total. The van der Waals surface area contributed by atoms with Crippen LogP contribution in [-0.2, 0) is 0 Å². The zero-order valence-electron chi connectivity index (χ0n) is 13.2. The van der Waals surface area contributed by atoms with Gasteiger partial charge in [-0.3, -0.25) is 4.90 Å². The topological polar surface area (TPSA) is 15.3 Å². The number of hydrogen-bond donors (Lipinski definition) is 1. The van der Waals surface area contributed by atoms with Gasteiger partial charge in [0.15, 0.2) is 0 Å². The molecule has 0 aromatic heterocycles. The molecule has 0 spiro atoms. The predicted octanol–water partition coefficient (Wildman–Crippen LogP) is 3.13. The van der Waals surface area contributed by atoms with Gasteiger partial charge in [0.25, 0.3) is 0 Å². The first-order valence-corrected chi connectivity index (χ1v) is 7.71. The van der Waals surface area contributed by atoms with Crippen molar-refractivity contribution < 1.29 is 0 Å². The molecule has 1 saturated heterocycles. The molecule has 0 aromatic rings. The Morgan fingerprint density at radius 1 is 1.33 bits per heavy atom. The van der Waals surface area contributed by atoms with Gasteiger partial charge in [0.05, 0.1) is 0 Å². The van der Waals surface area contributed by atoms with Gasteiger partial charge in [0.2, 0.25) is 0 Å². The van der Waals surface area contributed by atoms with Crippen molar-refractivity contribution in [2.24, 2.45) is 17.3 Å². The molecule has 1 saturated carbocycles. The summed E-state index contributed by atoms with van der Waals surface area (Å²) in [6.45, 7) is 17.9. The zero-order valence-corrected chi connectivity index (χ0v) is 13.2. The molecule has 2 rings (SSSR count). The summed E-state index contributed by atoms with van der Waals surface area (Å²) < 4.78 is 0. The van der Waals surface area contributed by atoms with Crippen molar-refractivity contribution in [1.29, 1.82) is 0 Å². The smallest absolute Gasteiger partial charge is 0.0309 e. The van der Waals surface area contributed by atoms with E-state index in [0.29, 0.717) is 17.0 Å². The van der Waals surface area contributed by atoms with E-state index in [4.69, 9.17) is 0 Å². The highest BCUT2D eigenvalue weighted by molar-refractivity contribution is 5.03. The Morgan fingerprint density at radius 3 is 2.44 bits per heavy atom. The second-order valence-corrected chi connectivity index (χ2v) is 8.12. The minimum Gasteiger partial charge on any atom is -0.308 e. The van der Waals surface area contributed by atoms with Gasteiger partial charge in [-0.05, 0) is 43.9 Å². The molecule has 1 N–H and O–H groups in total. The minimum absolute atomic E-state index is 0.379. The molecule has 3 atom stereocenters. The van der Waals surface area contributed by atoms with Crippen molar-refractivity contribution in [3.63, 3.8) is 0 Å². The second-order valence-electron chi connectivity index (χ2n) is 8.12. The van der Waals surface area contributed by atoms with Crippen molar-refractivity contribution in [2.75, 3.05) is 19.6 Å². The summed E-state index contributed by atoms with van der Waals surface area (Å²) in [6.07, 6.45) is 2.86. The van der Waals surface area contributed by atoms with Crippen LogP contribution in [0.5, 0.6) is 0 Å². The van der Waals surface area contributed by atoms with E-state index in [1.165, 1.54) is 25.9 Å². The molecule has 0 aromatic carbocycles. The van der Waals surface area contributed by atoms with Gasteiger partial charge in [-0.25, -0.2) is 0 Å². The quantitative estimate of drug-likeness (QED) is 0.830. The van der Waals surface area contributed by atoms with Gasteiger partial charge in [-0.15, -0.1) is 0 Å². The summed E-state index contributed by atoms with van der Waals surface area (Å²) in [5.41, 5.74) is 0.796. The van der Waals surface area contributed by atoms with Crippen LogP contribution in [-0.4, -0.2) is 36.1 Å². The Balaban J connectivity index is 1.97. The van der Waals surface area contributed by atoms with Crippen LogP contribution in [0.2, 0.25) is 0 Å². The number of nitrogens with one attached hydrogen (secondary N) is 1. The fourth-order valence-electron chi connectivity index (χ4n) is 3.01. The lowest BCUT2D eigenvalue weighted by atomic mass is 9.81. The average Bonchev–Trinajstić information content (AvgIpc) is 3.06. The summed E-state index contributed by atoms with van der Waals surface area (Å²) in [6, 6.07) is 0.682. The van der Waals surface area contributed by atoms with Crippen LogP contribution in [0.25, 0.3) is 0 Å². The molecule has 0 radical (unpaired) electrons. The molecule has 1 heterocycles. The SMILES string of the molecule is CC1CNC(C)(C2CC2)CN1CC(C)C(C)(C)C. The monoisotopic (exact) mass is 252 g/mol. The first kappa shape index (κ1) is 14.3. The minimum atomic E-state index is 0.379. The molecule has 18 heavy (non-hydrogen) atoms. The van der Waals surface area contributed by atoms with Crippen molar-refractivity contribution in [3.05, 3.63) is 0 Å². The van der Waals surface area contributed by atoms with Crippen LogP contribution in [0.3, 0.4) is 0 Å². The molecular weight excluding hydrogens is 220 g/mol.